The van der Waals surface area contributed by atoms with Gasteiger partial charge in [-0.25, -0.2) is 4.79 Å². The summed E-state index contributed by atoms with van der Waals surface area (Å²) in [5.41, 5.74) is -2.33. The van der Waals surface area contributed by atoms with Crippen LogP contribution in [0.25, 0.3) is 0 Å². The summed E-state index contributed by atoms with van der Waals surface area (Å²) >= 11 is 0. The molecule has 0 aromatic carbocycles. The van der Waals surface area contributed by atoms with Gasteiger partial charge in [0.15, 0.2) is 0 Å². The number of carbonyl (C=O) groups is 1. The van der Waals surface area contributed by atoms with E-state index in [1.54, 1.807) is 0 Å². The fourth-order valence-corrected chi connectivity index (χ4v) is 2.82. The molecule has 1 aliphatic heterocycles. The maximum absolute atomic E-state index is 13.8. The number of alkyl halides is 5. The Hall–Kier alpha value is -0.790. The first kappa shape index (κ1) is 23.2. The zero-order valence-corrected chi connectivity index (χ0v) is 15.7. The lowest BCUT2D eigenvalue weighted by atomic mass is 9.79. The molecule has 1 fully saturated rings. The van der Waals surface area contributed by atoms with Gasteiger partial charge in [-0.1, -0.05) is 47.9 Å². The molecule has 152 valence electrons. The highest BCUT2D eigenvalue weighted by Crippen LogP contribution is 2.61. The minimum Gasteiger partial charge on any atom is -0.462 e. The van der Waals surface area contributed by atoms with Gasteiger partial charge < -0.3 is 14.6 Å². The molecule has 1 aliphatic rings. The summed E-state index contributed by atoms with van der Waals surface area (Å²) in [6, 6.07) is 0. The van der Waals surface area contributed by atoms with Gasteiger partial charge in [-0.3, -0.25) is 0 Å². The second kappa shape index (κ2) is 8.48. The van der Waals surface area contributed by atoms with Crippen LogP contribution >= 0.6 is 9.24 Å². The monoisotopic (exact) mass is 406 g/mol. The fraction of sp³-hybridized carbons (Fsp3) is 0.812. The fourth-order valence-electron chi connectivity index (χ4n) is 2.74. The molecule has 0 saturated carbocycles. The predicted octanol–water partition coefficient (Wildman–Crippen LogP) is 4.32. The number of esters is 1. The molecule has 0 aromatic heterocycles. The predicted molar refractivity (Wildman–Crippen MR) is 87.6 cm³/mol. The Bertz CT molecular complexity index is 525. The van der Waals surface area contributed by atoms with Crippen LogP contribution in [0.4, 0.5) is 22.0 Å². The average Bonchev–Trinajstić information content (AvgIpc) is 2.51. The molecule has 3 unspecified atom stereocenters. The van der Waals surface area contributed by atoms with Gasteiger partial charge in [0, 0.05) is 5.31 Å². The van der Waals surface area contributed by atoms with Gasteiger partial charge in [0.05, 0.1) is 6.61 Å². The second-order valence-corrected chi connectivity index (χ2v) is 7.28. The minimum absolute atomic E-state index is 0.242. The SMILES string of the molecule is C=C(P)C(=O)OCCCCCCCCC1(C)OC(O)(C(F)(F)F)C1(F)F. The number of halogens is 5. The third-order valence-corrected chi connectivity index (χ3v) is 4.63. The molecular formula is C16H24F5O4P. The van der Waals surface area contributed by atoms with Crippen molar-refractivity contribution in [3.05, 3.63) is 11.9 Å². The van der Waals surface area contributed by atoms with Crippen molar-refractivity contribution in [3.63, 3.8) is 0 Å². The quantitative estimate of drug-likeness (QED) is 0.193. The molecule has 1 rings (SSSR count). The zero-order chi connectivity index (χ0) is 20.2. The Morgan fingerprint density at radius 3 is 2.12 bits per heavy atom. The van der Waals surface area contributed by atoms with E-state index in [-0.39, 0.29) is 24.8 Å². The van der Waals surface area contributed by atoms with Gasteiger partial charge in [0.25, 0.3) is 0 Å². The van der Waals surface area contributed by atoms with Crippen LogP contribution in [0, 0.1) is 0 Å². The standard InChI is InChI=1S/C16H24F5O4P/c1-11(26)12(22)24-10-8-6-4-3-5-7-9-13(2)14(17,18)15(23,25-13)16(19,20)21/h23H,1,3-10,26H2,2H3. The first-order valence-electron chi connectivity index (χ1n) is 8.27. The van der Waals surface area contributed by atoms with Crippen LogP contribution in [-0.4, -0.2) is 41.2 Å². The topological polar surface area (TPSA) is 55.8 Å². The molecule has 10 heteroatoms. The highest BCUT2D eigenvalue weighted by Gasteiger charge is 2.86. The summed E-state index contributed by atoms with van der Waals surface area (Å²) in [5, 5.41) is 9.31. The van der Waals surface area contributed by atoms with Crippen LogP contribution in [0.3, 0.4) is 0 Å². The van der Waals surface area contributed by atoms with Crippen LogP contribution in [0.1, 0.15) is 51.9 Å². The van der Waals surface area contributed by atoms with E-state index in [1.165, 1.54) is 0 Å². The third kappa shape index (κ3) is 4.73. The molecule has 26 heavy (non-hydrogen) atoms. The summed E-state index contributed by atoms with van der Waals surface area (Å²) in [4.78, 5) is 11.1. The zero-order valence-electron chi connectivity index (χ0n) is 14.5. The van der Waals surface area contributed by atoms with Crippen molar-refractivity contribution in [2.45, 2.75) is 75.4 Å². The van der Waals surface area contributed by atoms with Gasteiger partial charge in [-0.05, 0) is 19.8 Å². The average molecular weight is 406 g/mol. The first-order valence-corrected chi connectivity index (χ1v) is 8.85. The summed E-state index contributed by atoms with van der Waals surface area (Å²) in [6.07, 6.45) is -2.14. The second-order valence-electron chi connectivity index (χ2n) is 6.58. The molecule has 3 atom stereocenters. The Balaban J connectivity index is 2.19. The number of hydrogen-bond acceptors (Lipinski definition) is 4. The number of rotatable bonds is 10. The molecule has 4 nitrogen and oxygen atoms in total. The molecule has 0 radical (unpaired) electrons. The van der Waals surface area contributed by atoms with Gasteiger partial charge in [-0.15, -0.1) is 0 Å². The molecule has 1 heterocycles. The highest BCUT2D eigenvalue weighted by atomic mass is 31.0. The van der Waals surface area contributed by atoms with Crippen LogP contribution in [0.2, 0.25) is 0 Å². The molecule has 0 amide bonds. The van der Waals surface area contributed by atoms with Crippen molar-refractivity contribution in [2.75, 3.05) is 6.61 Å². The first-order chi connectivity index (χ1) is 11.8. The van der Waals surface area contributed by atoms with E-state index in [0.717, 1.165) is 19.8 Å². The van der Waals surface area contributed by atoms with Gasteiger partial charge in [0.1, 0.15) is 5.60 Å². The number of carbonyl (C=O) groups excluding carboxylic acids is 1. The van der Waals surface area contributed by atoms with E-state index in [0.29, 0.717) is 19.3 Å². The van der Waals surface area contributed by atoms with Crippen LogP contribution < -0.4 is 0 Å². The molecule has 0 spiro atoms. The number of ether oxygens (including phenoxy) is 2. The van der Waals surface area contributed by atoms with E-state index in [9.17, 15) is 26.7 Å². The smallest absolute Gasteiger partial charge is 0.449 e. The number of hydrogen-bond donors (Lipinski definition) is 1. The number of aliphatic hydroxyl groups is 1. The minimum atomic E-state index is -5.55. The van der Waals surface area contributed by atoms with Crippen molar-refractivity contribution in [3.8, 4) is 0 Å². The number of unbranched alkanes of at least 4 members (excludes halogenated alkanes) is 5. The van der Waals surface area contributed by atoms with Gasteiger partial charge in [0.2, 0.25) is 0 Å². The highest BCUT2D eigenvalue weighted by molar-refractivity contribution is 7.24. The van der Waals surface area contributed by atoms with Crippen molar-refractivity contribution in [1.29, 1.82) is 0 Å². The van der Waals surface area contributed by atoms with E-state index in [1.807, 2.05) is 0 Å². The molecule has 1 saturated heterocycles. The van der Waals surface area contributed by atoms with Crippen LogP contribution in [0.15, 0.2) is 11.9 Å². The maximum Gasteiger partial charge on any atom is 0.449 e. The van der Waals surface area contributed by atoms with E-state index >= 15 is 0 Å². The lowest BCUT2D eigenvalue weighted by Crippen LogP contribution is -2.81. The maximum atomic E-state index is 13.8. The lowest BCUT2D eigenvalue weighted by Gasteiger charge is -2.57. The molecule has 1 N–H and O–H groups in total. The third-order valence-electron chi connectivity index (χ3n) is 4.39. The summed E-state index contributed by atoms with van der Waals surface area (Å²) in [6.45, 7) is 4.56. The molecule has 0 bridgehead atoms. The van der Waals surface area contributed by atoms with Gasteiger partial charge >= 0.3 is 23.9 Å². The van der Waals surface area contributed by atoms with Gasteiger partial charge in [-0.2, -0.15) is 22.0 Å². The van der Waals surface area contributed by atoms with Crippen molar-refractivity contribution < 1.29 is 41.3 Å². The summed E-state index contributed by atoms with van der Waals surface area (Å²) in [7, 11) is 2.15. The van der Waals surface area contributed by atoms with Crippen molar-refractivity contribution >= 4 is 15.2 Å². The van der Waals surface area contributed by atoms with E-state index in [4.69, 9.17) is 9.84 Å². The largest absolute Gasteiger partial charge is 0.462 e. The van der Waals surface area contributed by atoms with Crippen LogP contribution in [0.5, 0.6) is 0 Å². The molecule has 0 aromatic rings. The van der Waals surface area contributed by atoms with Crippen molar-refractivity contribution in [1.82, 2.24) is 0 Å². The Labute approximate surface area is 151 Å². The normalized spacial score (nSPS) is 27.7. The van der Waals surface area contributed by atoms with Crippen LogP contribution in [-0.2, 0) is 14.3 Å². The molecule has 0 aliphatic carbocycles. The van der Waals surface area contributed by atoms with E-state index < -0.39 is 29.5 Å². The lowest BCUT2D eigenvalue weighted by molar-refractivity contribution is -0.553. The van der Waals surface area contributed by atoms with E-state index in [2.05, 4.69) is 20.6 Å². The summed E-state index contributed by atoms with van der Waals surface area (Å²) in [5.74, 6) is -9.29. The Kier molecular flexibility index (Phi) is 7.59. The molecular weight excluding hydrogens is 382 g/mol. The Morgan fingerprint density at radius 1 is 1.15 bits per heavy atom. The summed E-state index contributed by atoms with van der Waals surface area (Å²) < 4.78 is 74.3. The Morgan fingerprint density at radius 2 is 1.65 bits per heavy atom. The van der Waals surface area contributed by atoms with Crippen molar-refractivity contribution in [2.24, 2.45) is 0 Å².